The maximum Gasteiger partial charge on any atom is 0.234 e. The Bertz CT molecular complexity index is 628. The maximum atomic E-state index is 11.2. The van der Waals surface area contributed by atoms with E-state index < -0.39 is 0 Å². The number of nitrogens with one attached hydrogen (secondary N) is 1. The van der Waals surface area contributed by atoms with E-state index in [1.165, 1.54) is 12.8 Å². The summed E-state index contributed by atoms with van der Waals surface area (Å²) >= 11 is 0. The molecule has 0 fully saturated rings. The summed E-state index contributed by atoms with van der Waals surface area (Å²) in [6.07, 6.45) is 10.4. The van der Waals surface area contributed by atoms with Crippen LogP contribution in [0.15, 0.2) is 67.0 Å². The first-order chi connectivity index (χ1) is 13.7. The number of hydrogen-bond acceptors (Lipinski definition) is 3. The van der Waals surface area contributed by atoms with Gasteiger partial charge in [0.05, 0.1) is 6.04 Å². The van der Waals surface area contributed by atoms with Crippen molar-refractivity contribution in [3.63, 3.8) is 0 Å². The average Bonchev–Trinajstić information content (AvgIpc) is 2.66. The molecule has 4 nitrogen and oxygen atoms in total. The number of allylic oxidation sites excluding steroid dienone is 3. The highest BCUT2D eigenvalue weighted by atomic mass is 16.5. The third-order valence-corrected chi connectivity index (χ3v) is 4.01. The van der Waals surface area contributed by atoms with Crippen molar-refractivity contribution in [1.82, 2.24) is 5.32 Å². The Kier molecular flexibility index (Phi) is 14.3. The lowest BCUT2D eigenvalue weighted by atomic mass is 9.91. The highest BCUT2D eigenvalue weighted by Crippen LogP contribution is 2.19. The first-order valence-corrected chi connectivity index (χ1v) is 10.4. The smallest absolute Gasteiger partial charge is 0.234 e. The molecule has 1 aromatic rings. The molecule has 0 bridgehead atoms. The summed E-state index contributed by atoms with van der Waals surface area (Å²) in [6.45, 7) is 15.9. The van der Waals surface area contributed by atoms with Gasteiger partial charge in [-0.25, -0.2) is 0 Å². The van der Waals surface area contributed by atoms with Crippen LogP contribution >= 0.6 is 0 Å². The predicted octanol–water partition coefficient (Wildman–Crippen LogP) is 5.52. The molecule has 1 amide bonds. The molecule has 1 unspecified atom stereocenters. The molecule has 0 aliphatic rings. The van der Waals surface area contributed by atoms with Crippen molar-refractivity contribution >= 4 is 5.91 Å². The summed E-state index contributed by atoms with van der Waals surface area (Å²) in [7, 11) is 0. The molecule has 162 valence electrons. The second kappa shape index (κ2) is 15.6. The van der Waals surface area contributed by atoms with Gasteiger partial charge in [0.15, 0.2) is 0 Å². The van der Waals surface area contributed by atoms with Crippen LogP contribution in [-0.2, 0) is 16.1 Å². The van der Waals surface area contributed by atoms with Gasteiger partial charge in [0.25, 0.3) is 0 Å². The molecule has 3 N–H and O–H groups in total. The number of benzene rings is 1. The van der Waals surface area contributed by atoms with E-state index in [4.69, 9.17) is 10.5 Å². The van der Waals surface area contributed by atoms with Crippen LogP contribution in [0, 0.1) is 5.41 Å². The van der Waals surface area contributed by atoms with Crippen molar-refractivity contribution in [3.05, 3.63) is 72.5 Å². The van der Waals surface area contributed by atoms with Crippen molar-refractivity contribution in [2.24, 2.45) is 11.1 Å². The number of amides is 1. The van der Waals surface area contributed by atoms with Gasteiger partial charge in [-0.1, -0.05) is 90.1 Å². The summed E-state index contributed by atoms with van der Waals surface area (Å²) in [5, 5.41) is 3.03. The van der Waals surface area contributed by atoms with E-state index in [0.717, 1.165) is 5.56 Å². The molecule has 0 radical (unpaired) electrons. The number of primary amides is 1. The molecule has 29 heavy (non-hydrogen) atoms. The Balaban J connectivity index is 0.000000956. The second-order valence-electron chi connectivity index (χ2n) is 8.03. The number of ether oxygens (including phenoxy) is 1. The topological polar surface area (TPSA) is 64.3 Å². The Morgan fingerprint density at radius 2 is 1.90 bits per heavy atom. The summed E-state index contributed by atoms with van der Waals surface area (Å²) in [5.74, 6) is 0.332. The average molecular weight is 401 g/mol. The van der Waals surface area contributed by atoms with Crippen molar-refractivity contribution in [1.29, 1.82) is 0 Å². The van der Waals surface area contributed by atoms with E-state index in [-0.39, 0.29) is 11.9 Å². The van der Waals surface area contributed by atoms with E-state index in [1.54, 1.807) is 6.08 Å². The van der Waals surface area contributed by atoms with Gasteiger partial charge >= 0.3 is 0 Å². The fraction of sp³-hybridized carbons (Fsp3) is 0.480. The van der Waals surface area contributed by atoms with Gasteiger partial charge in [0.2, 0.25) is 5.91 Å². The van der Waals surface area contributed by atoms with Crippen LogP contribution in [0.25, 0.3) is 0 Å². The van der Waals surface area contributed by atoms with Crippen LogP contribution in [0.4, 0.5) is 0 Å². The summed E-state index contributed by atoms with van der Waals surface area (Å²) in [4.78, 5) is 11.2. The molecular formula is C25H40N2O2. The number of carbonyl (C=O) groups is 1. The fourth-order valence-electron chi connectivity index (χ4n) is 2.59. The van der Waals surface area contributed by atoms with Gasteiger partial charge in [-0.05, 0) is 42.5 Å². The minimum Gasteiger partial charge on any atom is -0.489 e. The predicted molar refractivity (Wildman–Crippen MR) is 124 cm³/mol. The highest BCUT2D eigenvalue weighted by Gasteiger charge is 2.10. The van der Waals surface area contributed by atoms with Gasteiger partial charge in [0.1, 0.15) is 12.4 Å². The van der Waals surface area contributed by atoms with Gasteiger partial charge in [-0.15, -0.1) is 0 Å². The molecule has 0 saturated carbocycles. The number of nitrogens with two attached hydrogens (primary N) is 1. The lowest BCUT2D eigenvalue weighted by molar-refractivity contribution is -0.119. The van der Waals surface area contributed by atoms with Crippen LogP contribution in [0.5, 0.6) is 0 Å². The highest BCUT2D eigenvalue weighted by molar-refractivity contribution is 5.80. The van der Waals surface area contributed by atoms with Crippen LogP contribution in [0.2, 0.25) is 0 Å². The number of hydrogen-bond donors (Lipinski definition) is 2. The SMILES string of the molecule is C=C/C(=C\C=C\CC(NCC)C(N)=O)OCc1ccccc1.CCCC(C)(C)C. The minimum atomic E-state index is -0.347. The van der Waals surface area contributed by atoms with Crippen molar-refractivity contribution in [2.75, 3.05) is 6.54 Å². The van der Waals surface area contributed by atoms with Crippen LogP contribution < -0.4 is 11.1 Å². The Hall–Kier alpha value is -2.33. The monoisotopic (exact) mass is 400 g/mol. The molecule has 0 aliphatic heterocycles. The van der Waals surface area contributed by atoms with Gasteiger partial charge in [-0.2, -0.15) is 0 Å². The molecule has 0 spiro atoms. The minimum absolute atomic E-state index is 0.341. The molecule has 1 rings (SSSR count). The molecule has 0 saturated heterocycles. The lowest BCUT2D eigenvalue weighted by Crippen LogP contribution is -2.40. The van der Waals surface area contributed by atoms with E-state index in [2.05, 4.69) is 39.6 Å². The Morgan fingerprint density at radius 3 is 2.34 bits per heavy atom. The number of carbonyl (C=O) groups excluding carboxylic acids is 1. The molecule has 1 atom stereocenters. The summed E-state index contributed by atoms with van der Waals surface area (Å²) < 4.78 is 5.66. The molecule has 4 heteroatoms. The fourth-order valence-corrected chi connectivity index (χ4v) is 2.59. The zero-order chi connectivity index (χ0) is 22.1. The second-order valence-corrected chi connectivity index (χ2v) is 8.03. The number of likely N-dealkylation sites (N-methyl/N-ethyl adjacent to an activating group) is 1. The van der Waals surface area contributed by atoms with E-state index in [9.17, 15) is 4.79 Å². The quantitative estimate of drug-likeness (QED) is 0.380. The standard InChI is InChI=1S/C18H24N2O2.C7H16/c1-3-16(22-14-15-10-6-5-7-11-15)12-8-9-13-17(18(19)21)20-4-2;1-5-6-7(2,3)4/h3,5-12,17,20H,1,4,13-14H2,2H3,(H2,19,21);5-6H2,1-4H3/b9-8+,16-12+;. The molecule has 0 heterocycles. The molecule has 0 aromatic heterocycles. The lowest BCUT2D eigenvalue weighted by Gasteiger charge is -2.15. The van der Waals surface area contributed by atoms with Crippen LogP contribution in [0.1, 0.15) is 59.4 Å². The largest absolute Gasteiger partial charge is 0.489 e. The van der Waals surface area contributed by atoms with Crippen LogP contribution in [0.3, 0.4) is 0 Å². The molecular weight excluding hydrogens is 360 g/mol. The van der Waals surface area contributed by atoms with Gasteiger partial charge < -0.3 is 15.8 Å². The number of rotatable bonds is 11. The van der Waals surface area contributed by atoms with Crippen molar-refractivity contribution in [2.45, 2.75) is 66.5 Å². The normalized spacial score (nSPS) is 12.8. The van der Waals surface area contributed by atoms with Gasteiger partial charge in [0, 0.05) is 0 Å². The van der Waals surface area contributed by atoms with E-state index in [1.807, 2.05) is 55.5 Å². The van der Waals surface area contributed by atoms with E-state index in [0.29, 0.717) is 30.7 Å². The zero-order valence-electron chi connectivity index (χ0n) is 18.9. The van der Waals surface area contributed by atoms with Gasteiger partial charge in [-0.3, -0.25) is 4.79 Å². The third kappa shape index (κ3) is 15.3. The van der Waals surface area contributed by atoms with E-state index >= 15 is 0 Å². The molecule has 0 aliphatic carbocycles. The Labute approximate surface area is 177 Å². The van der Waals surface area contributed by atoms with Crippen molar-refractivity contribution < 1.29 is 9.53 Å². The summed E-state index contributed by atoms with van der Waals surface area (Å²) in [5.41, 5.74) is 6.96. The Morgan fingerprint density at radius 1 is 1.24 bits per heavy atom. The van der Waals surface area contributed by atoms with Crippen molar-refractivity contribution in [3.8, 4) is 0 Å². The third-order valence-electron chi connectivity index (χ3n) is 4.01. The summed E-state index contributed by atoms with van der Waals surface area (Å²) in [6, 6.07) is 9.58. The van der Waals surface area contributed by atoms with Crippen LogP contribution in [-0.4, -0.2) is 18.5 Å². The first-order valence-electron chi connectivity index (χ1n) is 10.4. The zero-order valence-corrected chi connectivity index (χ0v) is 18.9. The molecule has 1 aromatic carbocycles. The maximum absolute atomic E-state index is 11.2. The first kappa shape index (κ1) is 26.7.